The molecule has 6 heteroatoms. The van der Waals surface area contributed by atoms with E-state index in [1.165, 1.54) is 9.80 Å². The third-order valence-corrected chi connectivity index (χ3v) is 4.78. The van der Waals surface area contributed by atoms with Gasteiger partial charge in [-0.3, -0.25) is 19.3 Å². The molecule has 6 nitrogen and oxygen atoms in total. The zero-order valence-electron chi connectivity index (χ0n) is 12.9. The highest BCUT2D eigenvalue weighted by Gasteiger charge is 2.56. The normalized spacial score (nSPS) is 24.8. The predicted molar refractivity (Wildman–Crippen MR) is 81.9 cm³/mol. The maximum Gasteiger partial charge on any atom is 0.245 e. The largest absolute Gasteiger partial charge is 0.395 e. The van der Waals surface area contributed by atoms with Crippen LogP contribution in [0.1, 0.15) is 24.8 Å². The van der Waals surface area contributed by atoms with Crippen LogP contribution in [-0.2, 0) is 20.9 Å². The van der Waals surface area contributed by atoms with Gasteiger partial charge in [-0.15, -0.1) is 0 Å². The van der Waals surface area contributed by atoms with Crippen molar-refractivity contribution in [2.24, 2.45) is 5.41 Å². The van der Waals surface area contributed by atoms with Crippen LogP contribution in [0.2, 0.25) is 0 Å². The molecule has 1 aromatic rings. The van der Waals surface area contributed by atoms with Gasteiger partial charge in [-0.2, -0.15) is 0 Å². The number of carbonyl (C=O) groups excluding carboxylic acids is 3. The van der Waals surface area contributed by atoms with Crippen LogP contribution in [0.5, 0.6) is 0 Å². The Morgan fingerprint density at radius 1 is 1.04 bits per heavy atom. The van der Waals surface area contributed by atoms with E-state index in [-0.39, 0.29) is 50.3 Å². The van der Waals surface area contributed by atoms with Crippen LogP contribution in [-0.4, -0.2) is 52.3 Å². The Bertz CT molecular complexity index is 631. The van der Waals surface area contributed by atoms with E-state index in [0.717, 1.165) is 5.56 Å². The lowest BCUT2D eigenvalue weighted by Crippen LogP contribution is -2.54. The lowest BCUT2D eigenvalue weighted by molar-refractivity contribution is -0.162. The Morgan fingerprint density at radius 3 is 2.48 bits per heavy atom. The van der Waals surface area contributed by atoms with Gasteiger partial charge in [0.15, 0.2) is 0 Å². The average Bonchev–Trinajstić information content (AvgIpc) is 2.87. The number of piperidine rings is 1. The van der Waals surface area contributed by atoms with Gasteiger partial charge in [-0.25, -0.2) is 0 Å². The highest BCUT2D eigenvalue weighted by Crippen LogP contribution is 2.41. The maximum atomic E-state index is 12.9. The minimum absolute atomic E-state index is 0.122. The summed E-state index contributed by atoms with van der Waals surface area (Å²) in [5.41, 5.74) is -0.249. The van der Waals surface area contributed by atoms with Crippen LogP contribution < -0.4 is 0 Å². The standard InChI is InChI=1S/C17H20N2O4/c20-11-10-18-9-8-17(15(18)22)7-6-14(21)19(16(17)23)12-13-4-2-1-3-5-13/h1-5,20H,6-12H2. The fraction of sp³-hybridized carbons (Fsp3) is 0.471. The number of β-amino-alcohol motifs (C(OH)–C–C–N with tert-alkyl or cyclic N) is 1. The molecule has 0 aliphatic carbocycles. The molecule has 1 N–H and O–H groups in total. The molecule has 0 aromatic heterocycles. The minimum Gasteiger partial charge on any atom is -0.395 e. The highest BCUT2D eigenvalue weighted by atomic mass is 16.3. The van der Waals surface area contributed by atoms with Gasteiger partial charge in [0.05, 0.1) is 13.2 Å². The van der Waals surface area contributed by atoms with E-state index in [9.17, 15) is 14.4 Å². The first-order valence-corrected chi connectivity index (χ1v) is 7.87. The van der Waals surface area contributed by atoms with Gasteiger partial charge in [-0.05, 0) is 18.4 Å². The number of aliphatic hydroxyl groups excluding tert-OH is 1. The molecule has 2 heterocycles. The van der Waals surface area contributed by atoms with Gasteiger partial charge in [0, 0.05) is 19.5 Å². The predicted octanol–water partition coefficient (Wildman–Crippen LogP) is 0.547. The van der Waals surface area contributed by atoms with E-state index < -0.39 is 5.41 Å². The van der Waals surface area contributed by atoms with Gasteiger partial charge in [0.1, 0.15) is 5.41 Å². The second-order valence-corrected chi connectivity index (χ2v) is 6.12. The Balaban J connectivity index is 1.84. The fourth-order valence-corrected chi connectivity index (χ4v) is 3.46. The van der Waals surface area contributed by atoms with Crippen molar-refractivity contribution in [3.63, 3.8) is 0 Å². The molecule has 23 heavy (non-hydrogen) atoms. The Hall–Kier alpha value is -2.21. The third-order valence-electron chi connectivity index (χ3n) is 4.78. The molecule has 1 unspecified atom stereocenters. The lowest BCUT2D eigenvalue weighted by atomic mass is 9.77. The molecule has 2 aliphatic rings. The maximum absolute atomic E-state index is 12.9. The molecular weight excluding hydrogens is 296 g/mol. The van der Waals surface area contributed by atoms with Crippen molar-refractivity contribution >= 4 is 17.7 Å². The van der Waals surface area contributed by atoms with Crippen molar-refractivity contribution < 1.29 is 19.5 Å². The number of amides is 3. The summed E-state index contributed by atoms with van der Waals surface area (Å²) in [6.45, 7) is 0.773. The summed E-state index contributed by atoms with van der Waals surface area (Å²) in [5.74, 6) is -0.858. The number of hydrogen-bond acceptors (Lipinski definition) is 4. The SMILES string of the molecule is O=C1CCC2(CCN(CCO)C2=O)C(=O)N1Cc1ccccc1. The smallest absolute Gasteiger partial charge is 0.245 e. The van der Waals surface area contributed by atoms with Gasteiger partial charge in [0.2, 0.25) is 17.7 Å². The van der Waals surface area contributed by atoms with E-state index >= 15 is 0 Å². The molecule has 3 amide bonds. The van der Waals surface area contributed by atoms with E-state index in [1.54, 1.807) is 0 Å². The van der Waals surface area contributed by atoms with Gasteiger partial charge in [0.25, 0.3) is 0 Å². The quantitative estimate of drug-likeness (QED) is 0.650. The second kappa shape index (κ2) is 6.12. The fourth-order valence-electron chi connectivity index (χ4n) is 3.46. The molecule has 3 rings (SSSR count). The number of aliphatic hydroxyl groups is 1. The van der Waals surface area contributed by atoms with E-state index in [4.69, 9.17) is 5.11 Å². The summed E-state index contributed by atoms with van der Waals surface area (Å²) < 4.78 is 0. The van der Waals surface area contributed by atoms with Crippen LogP contribution in [0, 0.1) is 5.41 Å². The second-order valence-electron chi connectivity index (χ2n) is 6.12. The molecule has 2 fully saturated rings. The molecular formula is C17H20N2O4. The van der Waals surface area contributed by atoms with Crippen molar-refractivity contribution in [1.29, 1.82) is 0 Å². The Labute approximate surface area is 134 Å². The van der Waals surface area contributed by atoms with Gasteiger partial charge >= 0.3 is 0 Å². The number of imide groups is 1. The summed E-state index contributed by atoms with van der Waals surface area (Å²) in [4.78, 5) is 40.5. The van der Waals surface area contributed by atoms with Crippen LogP contribution >= 0.6 is 0 Å². The van der Waals surface area contributed by atoms with E-state index in [1.807, 2.05) is 30.3 Å². The monoisotopic (exact) mass is 316 g/mol. The molecule has 1 atom stereocenters. The van der Waals surface area contributed by atoms with Crippen LogP contribution in [0.25, 0.3) is 0 Å². The molecule has 0 saturated carbocycles. The summed E-state index contributed by atoms with van der Waals surface area (Å²) >= 11 is 0. The summed E-state index contributed by atoms with van der Waals surface area (Å²) in [6, 6.07) is 9.30. The van der Waals surface area contributed by atoms with Crippen LogP contribution in [0.4, 0.5) is 0 Å². The summed E-state index contributed by atoms with van der Waals surface area (Å²) in [6.07, 6.45) is 0.900. The van der Waals surface area contributed by atoms with E-state index in [2.05, 4.69) is 0 Å². The Kier molecular flexibility index (Phi) is 4.17. The first-order chi connectivity index (χ1) is 11.1. The molecule has 0 radical (unpaired) electrons. The number of hydrogen-bond donors (Lipinski definition) is 1. The van der Waals surface area contributed by atoms with Gasteiger partial charge < -0.3 is 10.0 Å². The van der Waals surface area contributed by atoms with Crippen LogP contribution in [0.15, 0.2) is 30.3 Å². The van der Waals surface area contributed by atoms with Crippen molar-refractivity contribution in [2.45, 2.75) is 25.8 Å². The first-order valence-electron chi connectivity index (χ1n) is 7.87. The lowest BCUT2D eigenvalue weighted by Gasteiger charge is -2.36. The zero-order chi connectivity index (χ0) is 16.4. The van der Waals surface area contributed by atoms with Crippen LogP contribution in [0.3, 0.4) is 0 Å². The van der Waals surface area contributed by atoms with Gasteiger partial charge in [-0.1, -0.05) is 30.3 Å². The number of rotatable bonds is 4. The van der Waals surface area contributed by atoms with Crippen molar-refractivity contribution in [3.8, 4) is 0 Å². The van der Waals surface area contributed by atoms with E-state index in [0.29, 0.717) is 13.0 Å². The Morgan fingerprint density at radius 2 is 1.78 bits per heavy atom. The minimum atomic E-state index is -1.11. The molecule has 1 aromatic carbocycles. The van der Waals surface area contributed by atoms with Crippen molar-refractivity contribution in [2.75, 3.05) is 19.7 Å². The third kappa shape index (κ3) is 2.63. The number of likely N-dealkylation sites (tertiary alicyclic amines) is 2. The first kappa shape index (κ1) is 15.7. The number of nitrogens with zero attached hydrogens (tertiary/aromatic N) is 2. The molecule has 122 valence electrons. The number of carbonyl (C=O) groups is 3. The molecule has 0 bridgehead atoms. The average molecular weight is 316 g/mol. The topological polar surface area (TPSA) is 77.9 Å². The van der Waals surface area contributed by atoms with Crippen molar-refractivity contribution in [3.05, 3.63) is 35.9 Å². The molecule has 2 aliphatic heterocycles. The molecule has 2 saturated heterocycles. The highest BCUT2D eigenvalue weighted by molar-refractivity contribution is 6.13. The summed E-state index contributed by atoms with van der Waals surface area (Å²) in [5, 5.41) is 9.04. The molecule has 1 spiro atoms. The summed E-state index contributed by atoms with van der Waals surface area (Å²) in [7, 11) is 0. The van der Waals surface area contributed by atoms with Crippen molar-refractivity contribution in [1.82, 2.24) is 9.80 Å². The number of benzene rings is 1. The zero-order valence-corrected chi connectivity index (χ0v) is 12.9.